The van der Waals surface area contributed by atoms with Crippen molar-refractivity contribution >= 4 is 5.97 Å². The molecule has 0 aliphatic carbocycles. The standard InChI is InChI=1S/C24H30O6/c1-15-6-11-21(27-14-19-7-9-20(26-5)10-8-19)22(12-15)30-24-23(29-18(4)25)17(3)16(2)13-28-24/h6-12,16-17,23-24H,13-14H2,1-5H3/t16-,17+,23-,24+/m1/s1. The topological polar surface area (TPSA) is 63.2 Å². The van der Waals surface area contributed by atoms with E-state index in [9.17, 15) is 4.79 Å². The molecule has 1 aliphatic rings. The van der Waals surface area contributed by atoms with Gasteiger partial charge in [0.15, 0.2) is 17.6 Å². The van der Waals surface area contributed by atoms with Gasteiger partial charge in [0.05, 0.1) is 13.7 Å². The van der Waals surface area contributed by atoms with Crippen molar-refractivity contribution in [2.24, 2.45) is 11.8 Å². The number of methoxy groups -OCH3 is 1. The van der Waals surface area contributed by atoms with Crippen LogP contribution >= 0.6 is 0 Å². The molecule has 4 atom stereocenters. The van der Waals surface area contributed by atoms with Crippen LogP contribution in [0.3, 0.4) is 0 Å². The molecule has 6 nitrogen and oxygen atoms in total. The minimum Gasteiger partial charge on any atom is -0.497 e. The molecule has 2 aromatic carbocycles. The average molecular weight is 414 g/mol. The summed E-state index contributed by atoms with van der Waals surface area (Å²) in [5, 5.41) is 0. The first kappa shape index (κ1) is 22.0. The maximum atomic E-state index is 11.6. The van der Waals surface area contributed by atoms with Crippen LogP contribution in [0.5, 0.6) is 17.2 Å². The van der Waals surface area contributed by atoms with Crippen LogP contribution in [0.1, 0.15) is 31.9 Å². The second-order valence-electron chi connectivity index (χ2n) is 7.82. The van der Waals surface area contributed by atoms with E-state index >= 15 is 0 Å². The van der Waals surface area contributed by atoms with Gasteiger partial charge in [-0.15, -0.1) is 0 Å². The van der Waals surface area contributed by atoms with Gasteiger partial charge in [-0.25, -0.2) is 0 Å². The Labute approximate surface area is 178 Å². The van der Waals surface area contributed by atoms with E-state index in [0.29, 0.717) is 24.7 Å². The van der Waals surface area contributed by atoms with E-state index in [4.69, 9.17) is 23.7 Å². The van der Waals surface area contributed by atoms with Crippen LogP contribution in [-0.2, 0) is 20.9 Å². The van der Waals surface area contributed by atoms with E-state index in [1.807, 2.05) is 49.4 Å². The molecule has 1 fully saturated rings. The molecule has 2 aromatic rings. The van der Waals surface area contributed by atoms with Gasteiger partial charge in [0, 0.05) is 12.8 Å². The lowest BCUT2D eigenvalue weighted by atomic mass is 9.88. The predicted octanol–water partition coefficient (Wildman–Crippen LogP) is 4.52. The molecule has 1 heterocycles. The first-order chi connectivity index (χ1) is 14.4. The third-order valence-corrected chi connectivity index (χ3v) is 5.41. The molecule has 0 unspecified atom stereocenters. The van der Waals surface area contributed by atoms with E-state index in [-0.39, 0.29) is 17.8 Å². The van der Waals surface area contributed by atoms with Crippen LogP contribution < -0.4 is 14.2 Å². The molecule has 0 amide bonds. The molecule has 0 N–H and O–H groups in total. The summed E-state index contributed by atoms with van der Waals surface area (Å²) in [7, 11) is 1.64. The van der Waals surface area contributed by atoms with Gasteiger partial charge in [-0.2, -0.15) is 0 Å². The smallest absolute Gasteiger partial charge is 0.303 e. The van der Waals surface area contributed by atoms with Gasteiger partial charge in [-0.3, -0.25) is 4.79 Å². The number of benzene rings is 2. The summed E-state index contributed by atoms with van der Waals surface area (Å²) in [5.74, 6) is 1.99. The molecule has 6 heteroatoms. The highest BCUT2D eigenvalue weighted by Gasteiger charge is 2.40. The molecule has 1 aliphatic heterocycles. The molecule has 30 heavy (non-hydrogen) atoms. The lowest BCUT2D eigenvalue weighted by molar-refractivity contribution is -0.220. The predicted molar refractivity (Wildman–Crippen MR) is 113 cm³/mol. The average Bonchev–Trinajstić information content (AvgIpc) is 2.73. The monoisotopic (exact) mass is 414 g/mol. The van der Waals surface area contributed by atoms with Crippen LogP contribution in [0.25, 0.3) is 0 Å². The Kier molecular flexibility index (Phi) is 7.21. The Hall–Kier alpha value is -2.73. The Morgan fingerprint density at radius 3 is 2.50 bits per heavy atom. The van der Waals surface area contributed by atoms with Gasteiger partial charge in [-0.1, -0.05) is 32.0 Å². The fraction of sp³-hybridized carbons (Fsp3) is 0.458. The van der Waals surface area contributed by atoms with E-state index in [1.165, 1.54) is 6.92 Å². The van der Waals surface area contributed by atoms with Crippen molar-refractivity contribution in [1.82, 2.24) is 0 Å². The van der Waals surface area contributed by atoms with Crippen molar-refractivity contribution in [3.8, 4) is 17.2 Å². The van der Waals surface area contributed by atoms with Crippen molar-refractivity contribution in [3.05, 3.63) is 53.6 Å². The second-order valence-corrected chi connectivity index (χ2v) is 7.82. The summed E-state index contributed by atoms with van der Waals surface area (Å²) in [6.07, 6.45) is -1.17. The molecule has 162 valence electrons. The first-order valence-corrected chi connectivity index (χ1v) is 10.2. The molecule has 0 radical (unpaired) electrons. The third-order valence-electron chi connectivity index (χ3n) is 5.41. The Morgan fingerprint density at radius 1 is 1.10 bits per heavy atom. The van der Waals surface area contributed by atoms with Crippen molar-refractivity contribution in [2.75, 3.05) is 13.7 Å². The zero-order chi connectivity index (χ0) is 21.7. The van der Waals surface area contributed by atoms with Crippen LogP contribution in [0.2, 0.25) is 0 Å². The van der Waals surface area contributed by atoms with Crippen LogP contribution in [0.4, 0.5) is 0 Å². The lowest BCUT2D eigenvalue weighted by Crippen LogP contribution is -2.49. The number of hydrogen-bond donors (Lipinski definition) is 0. The van der Waals surface area contributed by atoms with Crippen LogP contribution in [-0.4, -0.2) is 32.1 Å². The van der Waals surface area contributed by atoms with Crippen molar-refractivity contribution in [2.45, 2.75) is 46.7 Å². The Balaban J connectivity index is 1.75. The van der Waals surface area contributed by atoms with Gasteiger partial charge in [0.1, 0.15) is 12.4 Å². The zero-order valence-electron chi connectivity index (χ0n) is 18.2. The molecular formula is C24H30O6. The highest BCUT2D eigenvalue weighted by Crippen LogP contribution is 2.35. The normalized spacial score (nSPS) is 23.5. The summed E-state index contributed by atoms with van der Waals surface area (Å²) in [6.45, 7) is 8.43. The van der Waals surface area contributed by atoms with Crippen molar-refractivity contribution in [1.29, 1.82) is 0 Å². The maximum Gasteiger partial charge on any atom is 0.303 e. The number of rotatable bonds is 7. The van der Waals surface area contributed by atoms with Gasteiger partial charge in [0.2, 0.25) is 6.29 Å². The SMILES string of the molecule is COc1ccc(COc2ccc(C)cc2O[C@@H]2OC[C@@H](C)[C@H](C)[C@H]2OC(C)=O)cc1. The molecule has 1 saturated heterocycles. The summed E-state index contributed by atoms with van der Waals surface area (Å²) in [5.41, 5.74) is 2.04. The summed E-state index contributed by atoms with van der Waals surface area (Å²) >= 11 is 0. The third kappa shape index (κ3) is 5.45. The second kappa shape index (κ2) is 9.85. The maximum absolute atomic E-state index is 11.6. The van der Waals surface area contributed by atoms with Gasteiger partial charge in [-0.05, 0) is 48.2 Å². The first-order valence-electron chi connectivity index (χ1n) is 10.2. The molecule has 3 rings (SSSR count). The Morgan fingerprint density at radius 2 is 1.83 bits per heavy atom. The number of ether oxygens (including phenoxy) is 5. The molecule has 0 bridgehead atoms. The van der Waals surface area contributed by atoms with Crippen LogP contribution in [0.15, 0.2) is 42.5 Å². The number of aryl methyl sites for hydroxylation is 1. The number of hydrogen-bond acceptors (Lipinski definition) is 6. The molecule has 0 saturated carbocycles. The van der Waals surface area contributed by atoms with Crippen molar-refractivity contribution < 1.29 is 28.5 Å². The summed E-state index contributed by atoms with van der Waals surface area (Å²) < 4.78 is 28.8. The fourth-order valence-electron chi connectivity index (χ4n) is 3.36. The summed E-state index contributed by atoms with van der Waals surface area (Å²) in [6, 6.07) is 13.5. The van der Waals surface area contributed by atoms with Gasteiger partial charge in [0.25, 0.3) is 0 Å². The van der Waals surface area contributed by atoms with Crippen molar-refractivity contribution in [3.63, 3.8) is 0 Å². The highest BCUT2D eigenvalue weighted by molar-refractivity contribution is 5.66. The minimum atomic E-state index is -0.690. The lowest BCUT2D eigenvalue weighted by Gasteiger charge is -2.39. The number of esters is 1. The quantitative estimate of drug-likeness (QED) is 0.621. The fourth-order valence-corrected chi connectivity index (χ4v) is 3.36. The largest absolute Gasteiger partial charge is 0.497 e. The van der Waals surface area contributed by atoms with Gasteiger partial charge < -0.3 is 23.7 Å². The zero-order valence-corrected chi connectivity index (χ0v) is 18.2. The Bertz CT molecular complexity index is 847. The molecule has 0 aromatic heterocycles. The number of carbonyl (C=O) groups is 1. The van der Waals surface area contributed by atoms with E-state index in [1.54, 1.807) is 7.11 Å². The number of carbonyl (C=O) groups excluding carboxylic acids is 1. The van der Waals surface area contributed by atoms with Gasteiger partial charge >= 0.3 is 5.97 Å². The van der Waals surface area contributed by atoms with E-state index < -0.39 is 12.4 Å². The highest BCUT2D eigenvalue weighted by atomic mass is 16.7. The van der Waals surface area contributed by atoms with E-state index in [2.05, 4.69) is 13.8 Å². The van der Waals surface area contributed by atoms with Crippen LogP contribution in [0, 0.1) is 18.8 Å². The molecule has 0 spiro atoms. The minimum absolute atomic E-state index is 0.112. The van der Waals surface area contributed by atoms with E-state index in [0.717, 1.165) is 16.9 Å². The summed E-state index contributed by atoms with van der Waals surface area (Å²) in [4.78, 5) is 11.6. The molecular weight excluding hydrogens is 384 g/mol.